The third-order valence-electron chi connectivity index (χ3n) is 3.36. The van der Waals surface area contributed by atoms with Gasteiger partial charge in [0, 0.05) is 6.54 Å². The topological polar surface area (TPSA) is 66.4 Å². The molecule has 1 aliphatic rings. The van der Waals surface area contributed by atoms with Gasteiger partial charge in [-0.3, -0.25) is 0 Å². The van der Waals surface area contributed by atoms with Gasteiger partial charge in [0.2, 0.25) is 10.0 Å². The summed E-state index contributed by atoms with van der Waals surface area (Å²) in [6.45, 7) is 0.0256. The molecule has 0 bridgehead atoms. The lowest BCUT2D eigenvalue weighted by atomic mass is 10.1. The minimum atomic E-state index is -4.25. The zero-order valence-corrected chi connectivity index (χ0v) is 11.3. The Balaban J connectivity index is 2.13. The molecule has 0 aromatic heterocycles. The zero-order valence-electron chi connectivity index (χ0n) is 10.4. The van der Waals surface area contributed by atoms with Crippen LogP contribution in [0.5, 0.6) is 0 Å². The van der Waals surface area contributed by atoms with E-state index in [0.29, 0.717) is 31.4 Å². The van der Waals surface area contributed by atoms with Gasteiger partial charge in [-0.05, 0) is 37.3 Å². The second-order valence-corrected chi connectivity index (χ2v) is 6.59. The Hall–Kier alpha value is -1.12. The molecule has 2 atom stereocenters. The average Bonchev–Trinajstić information content (AvgIpc) is 2.79. The molecule has 20 heavy (non-hydrogen) atoms. The Morgan fingerprint density at radius 1 is 1.20 bits per heavy atom. The number of hydrogen-bond acceptors (Lipinski definition) is 3. The van der Waals surface area contributed by atoms with Crippen molar-refractivity contribution in [3.05, 3.63) is 29.6 Å². The third-order valence-corrected chi connectivity index (χ3v) is 4.81. The van der Waals surface area contributed by atoms with Crippen LogP contribution in [0.4, 0.5) is 13.2 Å². The Kier molecular flexibility index (Phi) is 4.36. The fourth-order valence-corrected chi connectivity index (χ4v) is 3.44. The Morgan fingerprint density at radius 2 is 1.90 bits per heavy atom. The molecule has 0 heterocycles. The molecule has 2 rings (SSSR count). The lowest BCUT2D eigenvalue weighted by Gasteiger charge is -2.12. The predicted octanol–water partition coefficient (Wildman–Crippen LogP) is 1.54. The molecule has 1 aliphatic carbocycles. The van der Waals surface area contributed by atoms with Crippen LogP contribution in [0.3, 0.4) is 0 Å². The lowest BCUT2D eigenvalue weighted by Crippen LogP contribution is -2.29. The van der Waals surface area contributed by atoms with Gasteiger partial charge in [0.05, 0.1) is 6.10 Å². The van der Waals surface area contributed by atoms with Crippen LogP contribution in [0.2, 0.25) is 0 Å². The molecule has 0 radical (unpaired) electrons. The van der Waals surface area contributed by atoms with Crippen molar-refractivity contribution in [2.24, 2.45) is 5.92 Å². The maximum atomic E-state index is 13.4. The molecule has 1 fully saturated rings. The van der Waals surface area contributed by atoms with Crippen LogP contribution < -0.4 is 4.72 Å². The minimum Gasteiger partial charge on any atom is -0.393 e. The van der Waals surface area contributed by atoms with E-state index in [1.165, 1.54) is 0 Å². The zero-order chi connectivity index (χ0) is 14.9. The molecule has 2 N–H and O–H groups in total. The van der Waals surface area contributed by atoms with E-state index in [9.17, 15) is 26.7 Å². The highest BCUT2D eigenvalue weighted by molar-refractivity contribution is 7.89. The molecule has 4 nitrogen and oxygen atoms in total. The summed E-state index contributed by atoms with van der Waals surface area (Å²) in [6.07, 6.45) is 1.25. The van der Waals surface area contributed by atoms with Crippen molar-refractivity contribution < 1.29 is 26.7 Å². The molecule has 8 heteroatoms. The van der Waals surface area contributed by atoms with Crippen molar-refractivity contribution in [3.63, 3.8) is 0 Å². The van der Waals surface area contributed by atoms with Crippen molar-refractivity contribution in [3.8, 4) is 0 Å². The Labute approximate surface area is 114 Å². The summed E-state index contributed by atoms with van der Waals surface area (Å²) in [5, 5.41) is 9.33. The summed E-state index contributed by atoms with van der Waals surface area (Å²) >= 11 is 0. The highest BCUT2D eigenvalue weighted by Crippen LogP contribution is 2.25. The van der Waals surface area contributed by atoms with E-state index in [1.807, 2.05) is 0 Å². The summed E-state index contributed by atoms with van der Waals surface area (Å²) in [5.41, 5.74) is 0. The molecule has 112 valence electrons. The van der Waals surface area contributed by atoms with Gasteiger partial charge in [0.25, 0.3) is 0 Å². The highest BCUT2D eigenvalue weighted by Gasteiger charge is 2.27. The number of aliphatic hydroxyl groups is 1. The third kappa shape index (κ3) is 3.13. The van der Waals surface area contributed by atoms with Crippen LogP contribution in [0.15, 0.2) is 17.0 Å². The molecular formula is C12H14F3NO3S. The number of sulfonamides is 1. The summed E-state index contributed by atoms with van der Waals surface area (Å²) in [4.78, 5) is -0.921. The monoisotopic (exact) mass is 309 g/mol. The molecule has 1 aromatic rings. The Bertz CT molecular complexity index is 606. The average molecular weight is 309 g/mol. The van der Waals surface area contributed by atoms with Gasteiger partial charge in [0.15, 0.2) is 17.5 Å². The molecule has 2 unspecified atom stereocenters. The normalized spacial score (nSPS) is 23.2. The van der Waals surface area contributed by atoms with E-state index < -0.39 is 38.5 Å². The van der Waals surface area contributed by atoms with E-state index in [2.05, 4.69) is 4.72 Å². The first kappa shape index (κ1) is 15.3. The second-order valence-electron chi connectivity index (χ2n) is 4.86. The smallest absolute Gasteiger partial charge is 0.243 e. The molecule has 1 aromatic carbocycles. The van der Waals surface area contributed by atoms with Crippen LogP contribution in [-0.4, -0.2) is 26.2 Å². The van der Waals surface area contributed by atoms with E-state index in [1.54, 1.807) is 0 Å². The highest BCUT2D eigenvalue weighted by atomic mass is 32.2. The summed E-state index contributed by atoms with van der Waals surface area (Å²) < 4.78 is 65.1. The van der Waals surface area contributed by atoms with Crippen molar-refractivity contribution in [1.82, 2.24) is 4.72 Å². The standard InChI is InChI=1S/C12H14F3NO3S/c13-9-3-4-10(12(15)11(9)14)20(18,19)16-6-7-1-2-8(17)5-7/h3-4,7-8,16-17H,1-2,5-6H2. The first-order valence-corrected chi connectivity index (χ1v) is 7.61. The molecular weight excluding hydrogens is 295 g/mol. The molecule has 0 saturated heterocycles. The molecule has 0 amide bonds. The fraction of sp³-hybridized carbons (Fsp3) is 0.500. The van der Waals surface area contributed by atoms with Gasteiger partial charge in [0.1, 0.15) is 4.90 Å². The van der Waals surface area contributed by atoms with E-state index >= 15 is 0 Å². The largest absolute Gasteiger partial charge is 0.393 e. The summed E-state index contributed by atoms with van der Waals surface area (Å²) in [6, 6.07) is 1.24. The number of rotatable bonds is 4. The van der Waals surface area contributed by atoms with Gasteiger partial charge in [-0.15, -0.1) is 0 Å². The molecule has 1 saturated carbocycles. The number of benzene rings is 1. The van der Waals surface area contributed by atoms with Gasteiger partial charge in [-0.2, -0.15) is 0 Å². The van der Waals surface area contributed by atoms with Crippen LogP contribution in [-0.2, 0) is 10.0 Å². The van der Waals surface area contributed by atoms with Gasteiger partial charge >= 0.3 is 0 Å². The van der Waals surface area contributed by atoms with Crippen molar-refractivity contribution in [1.29, 1.82) is 0 Å². The molecule has 0 aliphatic heterocycles. The Morgan fingerprint density at radius 3 is 2.50 bits per heavy atom. The van der Waals surface area contributed by atoms with Gasteiger partial charge in [-0.1, -0.05) is 0 Å². The van der Waals surface area contributed by atoms with Crippen LogP contribution in [0.25, 0.3) is 0 Å². The summed E-state index contributed by atoms with van der Waals surface area (Å²) in [7, 11) is -4.25. The maximum Gasteiger partial charge on any atom is 0.243 e. The van der Waals surface area contributed by atoms with E-state index in [4.69, 9.17) is 0 Å². The number of hydrogen-bond donors (Lipinski definition) is 2. The van der Waals surface area contributed by atoms with E-state index in [0.717, 1.165) is 0 Å². The van der Waals surface area contributed by atoms with E-state index in [-0.39, 0.29) is 12.5 Å². The maximum absolute atomic E-state index is 13.4. The molecule has 0 spiro atoms. The first-order chi connectivity index (χ1) is 9.31. The lowest BCUT2D eigenvalue weighted by molar-refractivity contribution is 0.178. The number of aliphatic hydroxyl groups excluding tert-OH is 1. The fourth-order valence-electron chi connectivity index (χ4n) is 2.25. The second kappa shape index (κ2) is 5.71. The minimum absolute atomic E-state index is 0.0256. The SMILES string of the molecule is O=S(=O)(NCC1CCC(O)C1)c1ccc(F)c(F)c1F. The van der Waals surface area contributed by atoms with Crippen LogP contribution >= 0.6 is 0 Å². The quantitative estimate of drug-likeness (QED) is 0.829. The van der Waals surface area contributed by atoms with Crippen molar-refractivity contribution in [2.75, 3.05) is 6.54 Å². The first-order valence-electron chi connectivity index (χ1n) is 6.12. The van der Waals surface area contributed by atoms with Crippen LogP contribution in [0, 0.1) is 23.4 Å². The van der Waals surface area contributed by atoms with Gasteiger partial charge in [-0.25, -0.2) is 26.3 Å². The summed E-state index contributed by atoms with van der Waals surface area (Å²) in [5.74, 6) is -5.04. The van der Waals surface area contributed by atoms with Crippen molar-refractivity contribution in [2.45, 2.75) is 30.3 Å². The van der Waals surface area contributed by atoms with Crippen molar-refractivity contribution >= 4 is 10.0 Å². The number of nitrogens with one attached hydrogen (secondary N) is 1. The van der Waals surface area contributed by atoms with Gasteiger partial charge < -0.3 is 5.11 Å². The number of halogens is 3. The predicted molar refractivity (Wildman–Crippen MR) is 64.9 cm³/mol. The van der Waals surface area contributed by atoms with Crippen LogP contribution in [0.1, 0.15) is 19.3 Å².